The average molecular weight is 724 g/mol. The third kappa shape index (κ3) is 13.3. The largest absolute Gasteiger partial charge is 0.462 e. The first-order chi connectivity index (χ1) is 24.9. The number of likely N-dealkylation sites (tertiary alicyclic amines) is 1. The summed E-state index contributed by atoms with van der Waals surface area (Å²) in [6, 6.07) is 14.7. The van der Waals surface area contributed by atoms with Crippen LogP contribution in [0.1, 0.15) is 57.1 Å². The van der Waals surface area contributed by atoms with Crippen molar-refractivity contribution in [2.75, 3.05) is 40.0 Å². The summed E-state index contributed by atoms with van der Waals surface area (Å²) < 4.78 is 10.2. The van der Waals surface area contributed by atoms with Crippen molar-refractivity contribution in [3.63, 3.8) is 0 Å². The molecule has 0 saturated carbocycles. The van der Waals surface area contributed by atoms with E-state index in [9.17, 15) is 24.0 Å². The first kappa shape index (κ1) is 42.0. The highest BCUT2D eigenvalue weighted by Gasteiger charge is 2.45. The fraction of sp³-hybridized carbons (Fsp3) is 0.553. The minimum atomic E-state index is -1.38. The number of rotatable bonds is 21. The second kappa shape index (κ2) is 21.2. The zero-order valence-electron chi connectivity index (χ0n) is 30.7. The molecule has 1 aliphatic rings. The number of nitrogens with zero attached hydrogens (tertiary/aromatic N) is 1. The van der Waals surface area contributed by atoms with E-state index in [-0.39, 0.29) is 57.9 Å². The van der Waals surface area contributed by atoms with Crippen molar-refractivity contribution in [1.29, 1.82) is 0 Å². The Kier molecular flexibility index (Phi) is 17.2. The summed E-state index contributed by atoms with van der Waals surface area (Å²) in [6.07, 6.45) is 2.39. The third-order valence-electron chi connectivity index (χ3n) is 8.99. The van der Waals surface area contributed by atoms with Gasteiger partial charge in [0.2, 0.25) is 23.6 Å². The fourth-order valence-corrected chi connectivity index (χ4v) is 6.07. The lowest BCUT2D eigenvalue weighted by Gasteiger charge is -2.29. The molecule has 2 unspecified atom stereocenters. The molecular weight excluding hydrogens is 666 g/mol. The van der Waals surface area contributed by atoms with Crippen LogP contribution in [0.2, 0.25) is 0 Å². The van der Waals surface area contributed by atoms with Crippen LogP contribution in [0, 0.1) is 5.92 Å². The lowest BCUT2D eigenvalue weighted by atomic mass is 9.99. The Morgan fingerprint density at radius 3 is 1.98 bits per heavy atom. The lowest BCUT2D eigenvalue weighted by Crippen LogP contribution is -2.59. The van der Waals surface area contributed by atoms with Gasteiger partial charge in [-0.05, 0) is 62.1 Å². The first-order valence-corrected chi connectivity index (χ1v) is 18.0. The molecule has 3 rings (SSSR count). The molecule has 2 aromatic rings. The van der Waals surface area contributed by atoms with Crippen LogP contribution >= 0.6 is 0 Å². The summed E-state index contributed by atoms with van der Waals surface area (Å²) >= 11 is 0. The predicted molar refractivity (Wildman–Crippen MR) is 197 cm³/mol. The van der Waals surface area contributed by atoms with Gasteiger partial charge >= 0.3 is 5.97 Å². The molecule has 5 atom stereocenters. The molecular formula is C38H57N7O7. The van der Waals surface area contributed by atoms with Gasteiger partial charge in [-0.25, -0.2) is 4.79 Å². The monoisotopic (exact) mass is 723 g/mol. The second-order valence-electron chi connectivity index (χ2n) is 13.9. The number of nitrogens with two attached hydrogens (primary N) is 3. The van der Waals surface area contributed by atoms with Gasteiger partial charge in [-0.1, -0.05) is 74.5 Å². The Hall–Kier alpha value is -4.37. The van der Waals surface area contributed by atoms with Gasteiger partial charge < -0.3 is 47.5 Å². The Morgan fingerprint density at radius 2 is 1.38 bits per heavy atom. The number of carbonyl (C=O) groups is 5. The van der Waals surface area contributed by atoms with E-state index in [4.69, 9.17) is 26.7 Å². The van der Waals surface area contributed by atoms with E-state index in [1.54, 1.807) is 0 Å². The maximum absolute atomic E-state index is 13.9. The van der Waals surface area contributed by atoms with Gasteiger partial charge in [0, 0.05) is 26.6 Å². The molecule has 1 saturated heterocycles. The summed E-state index contributed by atoms with van der Waals surface area (Å²) in [5.74, 6) is -2.63. The number of nitrogens with one attached hydrogen (secondary N) is 3. The molecule has 1 aliphatic heterocycles. The van der Waals surface area contributed by atoms with E-state index >= 15 is 0 Å². The number of hydrogen-bond donors (Lipinski definition) is 6. The van der Waals surface area contributed by atoms with Gasteiger partial charge in [0.25, 0.3) is 0 Å². The van der Waals surface area contributed by atoms with E-state index in [0.29, 0.717) is 25.8 Å². The van der Waals surface area contributed by atoms with Crippen LogP contribution in [0.25, 0.3) is 0 Å². The molecule has 1 fully saturated rings. The lowest BCUT2D eigenvalue weighted by molar-refractivity contribution is -0.151. The molecule has 9 N–H and O–H groups in total. The topological polar surface area (TPSA) is 221 Å². The standard InChI is InChI=1S/C38H57N7O7/c1-26(2)22-31(34(47)42-30(16-10-11-18-39)36(49)45-19-17-38(41,25-45)37(50)52-21-20-51-3)44-35(48)32(24-28-14-8-5-9-15-28)43-33(46)29(40)23-27-12-6-4-7-13-27/h4-9,12-15,26,29-32H,10-11,16-25,39-41H2,1-3H3,(H,42,47)(H,43,46)(H,44,48)/t29?,30-,31-,32-,38?/m1/s1. The number of benzene rings is 2. The number of hydrogen-bond acceptors (Lipinski definition) is 10. The molecule has 4 amide bonds. The van der Waals surface area contributed by atoms with Crippen LogP contribution in [0.3, 0.4) is 0 Å². The van der Waals surface area contributed by atoms with Crippen LogP contribution in [0.15, 0.2) is 60.7 Å². The van der Waals surface area contributed by atoms with Crippen molar-refractivity contribution < 1.29 is 33.4 Å². The summed E-state index contributed by atoms with van der Waals surface area (Å²) in [7, 11) is 1.49. The van der Waals surface area contributed by atoms with Gasteiger partial charge in [0.05, 0.1) is 12.6 Å². The minimum Gasteiger partial charge on any atom is -0.462 e. The Bertz CT molecular complexity index is 1450. The van der Waals surface area contributed by atoms with Crippen molar-refractivity contribution in [3.05, 3.63) is 71.8 Å². The molecule has 0 bridgehead atoms. The molecule has 0 aromatic heterocycles. The average Bonchev–Trinajstić information content (AvgIpc) is 3.54. The smallest absolute Gasteiger partial charge is 0.328 e. The van der Waals surface area contributed by atoms with Crippen LogP contribution < -0.4 is 33.2 Å². The molecule has 14 heteroatoms. The Labute approximate surface area is 306 Å². The van der Waals surface area contributed by atoms with Crippen molar-refractivity contribution in [1.82, 2.24) is 20.9 Å². The number of amides is 4. The quantitative estimate of drug-likeness (QED) is 0.0776. The van der Waals surface area contributed by atoms with Crippen molar-refractivity contribution in [3.8, 4) is 0 Å². The van der Waals surface area contributed by atoms with Crippen molar-refractivity contribution >= 4 is 29.6 Å². The van der Waals surface area contributed by atoms with Crippen LogP contribution in [-0.4, -0.2) is 104 Å². The van der Waals surface area contributed by atoms with Gasteiger partial charge in [-0.15, -0.1) is 0 Å². The van der Waals surface area contributed by atoms with Gasteiger partial charge in [-0.3, -0.25) is 19.2 Å². The number of ether oxygens (including phenoxy) is 2. The molecule has 52 heavy (non-hydrogen) atoms. The summed E-state index contributed by atoms with van der Waals surface area (Å²) in [6.45, 7) is 4.64. The summed E-state index contributed by atoms with van der Waals surface area (Å²) in [5.41, 5.74) is 18.7. The van der Waals surface area contributed by atoms with E-state index in [1.165, 1.54) is 12.0 Å². The van der Waals surface area contributed by atoms with Crippen LogP contribution in [0.5, 0.6) is 0 Å². The molecule has 286 valence electrons. The molecule has 2 aromatic carbocycles. The summed E-state index contributed by atoms with van der Waals surface area (Å²) in [5, 5.41) is 8.53. The van der Waals surface area contributed by atoms with E-state index in [0.717, 1.165) is 11.1 Å². The maximum atomic E-state index is 13.9. The van der Waals surface area contributed by atoms with Gasteiger partial charge in [0.1, 0.15) is 30.3 Å². The van der Waals surface area contributed by atoms with Crippen molar-refractivity contribution in [2.24, 2.45) is 23.1 Å². The number of carbonyl (C=O) groups excluding carboxylic acids is 5. The number of esters is 1. The predicted octanol–water partition coefficient (Wildman–Crippen LogP) is 0.548. The van der Waals surface area contributed by atoms with Crippen LogP contribution in [0.4, 0.5) is 0 Å². The molecule has 0 spiro atoms. The molecule has 0 radical (unpaired) electrons. The van der Waals surface area contributed by atoms with Gasteiger partial charge in [-0.2, -0.15) is 0 Å². The second-order valence-corrected chi connectivity index (χ2v) is 13.9. The van der Waals surface area contributed by atoms with E-state index in [2.05, 4.69) is 16.0 Å². The highest BCUT2D eigenvalue weighted by Crippen LogP contribution is 2.22. The maximum Gasteiger partial charge on any atom is 0.328 e. The molecule has 14 nitrogen and oxygen atoms in total. The Balaban J connectivity index is 1.76. The molecule has 1 heterocycles. The van der Waals surface area contributed by atoms with Crippen molar-refractivity contribution in [2.45, 2.75) is 88.5 Å². The number of unbranched alkanes of at least 4 members (excludes halogenated alkanes) is 1. The summed E-state index contributed by atoms with van der Waals surface area (Å²) in [4.78, 5) is 69.2. The van der Waals surface area contributed by atoms with E-state index in [1.807, 2.05) is 74.5 Å². The van der Waals surface area contributed by atoms with Crippen LogP contribution in [-0.2, 0) is 46.3 Å². The van der Waals surface area contributed by atoms with E-state index < -0.39 is 59.3 Å². The molecule has 0 aliphatic carbocycles. The normalized spacial score (nSPS) is 17.9. The Morgan fingerprint density at radius 1 is 0.808 bits per heavy atom. The van der Waals surface area contributed by atoms with Gasteiger partial charge in [0.15, 0.2) is 0 Å². The highest BCUT2D eigenvalue weighted by molar-refractivity contribution is 5.95. The SMILES string of the molecule is COCCOC(=O)C1(N)CCN(C(=O)[C@@H](CCCCN)NC(=O)[C@@H](CC(C)C)NC(=O)[C@@H](Cc2ccccc2)NC(=O)C(N)Cc2ccccc2)C1. The zero-order chi connectivity index (χ0) is 38.1. The fourth-order valence-electron chi connectivity index (χ4n) is 6.07. The zero-order valence-corrected chi connectivity index (χ0v) is 30.7. The third-order valence-corrected chi connectivity index (χ3v) is 8.99. The number of methoxy groups -OCH3 is 1. The first-order valence-electron chi connectivity index (χ1n) is 18.0. The minimum absolute atomic E-state index is 0.00976. The highest BCUT2D eigenvalue weighted by atomic mass is 16.6.